The summed E-state index contributed by atoms with van der Waals surface area (Å²) in [6.07, 6.45) is 1.91. The van der Waals surface area contributed by atoms with Crippen LogP contribution in [0.15, 0.2) is 21.1 Å². The molecule has 1 N–H and O–H groups in total. The van der Waals surface area contributed by atoms with Crippen LogP contribution in [0.1, 0.15) is 55.0 Å². The van der Waals surface area contributed by atoms with Crippen LogP contribution in [0.3, 0.4) is 0 Å². The highest BCUT2D eigenvalue weighted by molar-refractivity contribution is 5.09. The summed E-state index contributed by atoms with van der Waals surface area (Å²) in [5.74, 6) is 3.59. The van der Waals surface area contributed by atoms with Gasteiger partial charge in [0.2, 0.25) is 5.89 Å². The van der Waals surface area contributed by atoms with E-state index in [1.54, 1.807) is 0 Å². The number of ether oxygens (including phenoxy) is 1. The summed E-state index contributed by atoms with van der Waals surface area (Å²) in [6, 6.07) is 4.06. The van der Waals surface area contributed by atoms with Crippen LogP contribution < -0.4 is 5.32 Å². The van der Waals surface area contributed by atoms with Crippen molar-refractivity contribution in [3.8, 4) is 0 Å². The van der Waals surface area contributed by atoms with E-state index in [9.17, 15) is 0 Å². The molecule has 0 aromatic carbocycles. The third-order valence-corrected chi connectivity index (χ3v) is 3.81. The summed E-state index contributed by atoms with van der Waals surface area (Å²) < 4.78 is 16.3. The Bertz CT molecular complexity index is 572. The zero-order valence-corrected chi connectivity index (χ0v) is 12.5. The second kappa shape index (κ2) is 6.41. The molecule has 1 aliphatic heterocycles. The summed E-state index contributed by atoms with van der Waals surface area (Å²) in [6.45, 7) is 6.10. The Morgan fingerprint density at radius 3 is 2.86 bits per heavy atom. The van der Waals surface area contributed by atoms with Crippen molar-refractivity contribution in [2.24, 2.45) is 0 Å². The molecule has 0 spiro atoms. The molecular weight excluding hydrogens is 270 g/mol. The Morgan fingerprint density at radius 2 is 2.14 bits per heavy atom. The van der Waals surface area contributed by atoms with Crippen LogP contribution >= 0.6 is 0 Å². The molecule has 2 aromatic rings. The van der Waals surface area contributed by atoms with Gasteiger partial charge < -0.3 is 19.0 Å². The third kappa shape index (κ3) is 3.51. The molecule has 3 rings (SSSR count). The van der Waals surface area contributed by atoms with Crippen LogP contribution in [0.2, 0.25) is 0 Å². The molecule has 0 unspecified atom stereocenters. The van der Waals surface area contributed by atoms with Gasteiger partial charge in [0.05, 0.1) is 12.6 Å². The van der Waals surface area contributed by atoms with Crippen molar-refractivity contribution in [3.63, 3.8) is 0 Å². The zero-order valence-electron chi connectivity index (χ0n) is 12.5. The highest BCUT2D eigenvalue weighted by atomic mass is 16.5. The smallest absolute Gasteiger partial charge is 0.229 e. The monoisotopic (exact) mass is 291 g/mol. The summed E-state index contributed by atoms with van der Waals surface area (Å²) in [5.41, 5.74) is 0. The highest BCUT2D eigenvalue weighted by Gasteiger charge is 2.22. The fraction of sp³-hybridized carbons (Fsp3) is 0.600. The lowest BCUT2D eigenvalue weighted by Crippen LogP contribution is -2.18. The van der Waals surface area contributed by atoms with Gasteiger partial charge in [-0.25, -0.2) is 0 Å². The lowest BCUT2D eigenvalue weighted by Gasteiger charge is -2.17. The molecule has 1 aliphatic rings. The molecule has 2 aromatic heterocycles. The van der Waals surface area contributed by atoms with Crippen LogP contribution in [-0.4, -0.2) is 23.4 Å². The predicted molar refractivity (Wildman–Crippen MR) is 75.8 cm³/mol. The Balaban J connectivity index is 1.54. The first-order valence-corrected chi connectivity index (χ1v) is 7.42. The number of hydrogen-bond donors (Lipinski definition) is 1. The van der Waals surface area contributed by atoms with E-state index in [1.807, 2.05) is 19.1 Å². The lowest BCUT2D eigenvalue weighted by molar-refractivity contribution is 0.0778. The molecule has 3 heterocycles. The predicted octanol–water partition coefficient (Wildman–Crippen LogP) is 2.72. The maximum Gasteiger partial charge on any atom is 0.229 e. The van der Waals surface area contributed by atoms with Crippen LogP contribution in [0.5, 0.6) is 0 Å². The van der Waals surface area contributed by atoms with Gasteiger partial charge in [-0.3, -0.25) is 0 Å². The van der Waals surface area contributed by atoms with E-state index in [4.69, 9.17) is 13.7 Å². The average molecular weight is 291 g/mol. The summed E-state index contributed by atoms with van der Waals surface area (Å²) >= 11 is 0. The maximum absolute atomic E-state index is 5.59. The van der Waals surface area contributed by atoms with Crippen molar-refractivity contribution < 1.29 is 13.7 Å². The van der Waals surface area contributed by atoms with Gasteiger partial charge in [0.1, 0.15) is 11.5 Å². The van der Waals surface area contributed by atoms with Gasteiger partial charge in [-0.15, -0.1) is 0 Å². The van der Waals surface area contributed by atoms with Gasteiger partial charge in [-0.2, -0.15) is 4.98 Å². The first-order chi connectivity index (χ1) is 10.2. The Kier molecular flexibility index (Phi) is 4.36. The number of nitrogens with one attached hydrogen (secondary N) is 1. The zero-order chi connectivity index (χ0) is 14.7. The fourth-order valence-electron chi connectivity index (χ4n) is 2.48. The van der Waals surface area contributed by atoms with Crippen LogP contribution in [0.25, 0.3) is 0 Å². The maximum atomic E-state index is 5.59. The minimum atomic E-state index is 0.115. The normalized spacial score (nSPS) is 18.0. The molecule has 1 fully saturated rings. The number of nitrogens with zero attached hydrogens (tertiary/aromatic N) is 2. The quantitative estimate of drug-likeness (QED) is 0.913. The van der Waals surface area contributed by atoms with E-state index < -0.39 is 0 Å². The number of rotatable bonds is 5. The minimum Gasteiger partial charge on any atom is -0.465 e. The highest BCUT2D eigenvalue weighted by Crippen LogP contribution is 2.25. The molecule has 21 heavy (non-hydrogen) atoms. The number of hydrogen-bond acceptors (Lipinski definition) is 6. The van der Waals surface area contributed by atoms with Crippen molar-refractivity contribution >= 4 is 0 Å². The van der Waals surface area contributed by atoms with E-state index in [2.05, 4.69) is 22.4 Å². The van der Waals surface area contributed by atoms with E-state index >= 15 is 0 Å². The Labute approximate surface area is 123 Å². The molecule has 0 aliphatic carbocycles. The van der Waals surface area contributed by atoms with E-state index in [0.29, 0.717) is 18.3 Å². The van der Waals surface area contributed by atoms with E-state index in [0.717, 1.165) is 43.5 Å². The second-order valence-corrected chi connectivity index (χ2v) is 5.49. The van der Waals surface area contributed by atoms with Crippen molar-refractivity contribution in [2.45, 2.75) is 45.2 Å². The number of aryl methyl sites for hydroxylation is 1. The molecule has 0 bridgehead atoms. The van der Waals surface area contributed by atoms with Crippen LogP contribution in [-0.2, 0) is 11.3 Å². The Morgan fingerprint density at radius 1 is 1.33 bits per heavy atom. The largest absolute Gasteiger partial charge is 0.465 e. The van der Waals surface area contributed by atoms with Gasteiger partial charge >= 0.3 is 0 Å². The SMILES string of the molecule is Cc1ccc([C@H](C)NCc2noc(C3CCOCC3)n2)o1. The van der Waals surface area contributed by atoms with Gasteiger partial charge in [0.15, 0.2) is 5.82 Å². The standard InChI is InChI=1S/C15H21N3O3/c1-10-3-4-13(20-10)11(2)16-9-14-17-15(21-18-14)12-5-7-19-8-6-12/h3-4,11-12,16H,5-9H2,1-2H3/t11-/m0/s1. The van der Waals surface area contributed by atoms with Gasteiger partial charge in [0, 0.05) is 19.1 Å². The molecule has 6 nitrogen and oxygen atoms in total. The molecule has 6 heteroatoms. The fourth-order valence-corrected chi connectivity index (χ4v) is 2.48. The van der Waals surface area contributed by atoms with E-state index in [1.165, 1.54) is 0 Å². The number of furan rings is 1. The molecule has 0 amide bonds. The summed E-state index contributed by atoms with van der Waals surface area (Å²) in [7, 11) is 0. The van der Waals surface area contributed by atoms with Crippen molar-refractivity contribution in [1.82, 2.24) is 15.5 Å². The molecule has 0 radical (unpaired) electrons. The molecule has 0 saturated carbocycles. The van der Waals surface area contributed by atoms with Crippen LogP contribution in [0, 0.1) is 6.92 Å². The third-order valence-electron chi connectivity index (χ3n) is 3.81. The van der Waals surface area contributed by atoms with Crippen molar-refractivity contribution in [2.75, 3.05) is 13.2 Å². The topological polar surface area (TPSA) is 73.3 Å². The van der Waals surface area contributed by atoms with Gasteiger partial charge in [-0.05, 0) is 38.8 Å². The number of aromatic nitrogens is 2. The molecular formula is C15H21N3O3. The summed E-state index contributed by atoms with van der Waals surface area (Å²) in [4.78, 5) is 4.48. The first-order valence-electron chi connectivity index (χ1n) is 7.42. The van der Waals surface area contributed by atoms with Crippen molar-refractivity contribution in [3.05, 3.63) is 35.4 Å². The molecule has 114 valence electrons. The van der Waals surface area contributed by atoms with Crippen LogP contribution in [0.4, 0.5) is 0 Å². The second-order valence-electron chi connectivity index (χ2n) is 5.49. The first kappa shape index (κ1) is 14.3. The summed E-state index contributed by atoms with van der Waals surface area (Å²) in [5, 5.41) is 7.38. The van der Waals surface area contributed by atoms with Crippen molar-refractivity contribution in [1.29, 1.82) is 0 Å². The minimum absolute atomic E-state index is 0.115. The van der Waals surface area contributed by atoms with Gasteiger partial charge in [-0.1, -0.05) is 5.16 Å². The molecule has 1 saturated heterocycles. The average Bonchev–Trinajstić information content (AvgIpc) is 3.15. The van der Waals surface area contributed by atoms with E-state index in [-0.39, 0.29) is 6.04 Å². The molecule has 1 atom stereocenters. The lowest BCUT2D eigenvalue weighted by atomic mass is 10.0. The van der Waals surface area contributed by atoms with Gasteiger partial charge in [0.25, 0.3) is 0 Å². The Hall–Kier alpha value is -1.66.